The maximum atomic E-state index is 13.2. The van der Waals surface area contributed by atoms with Crippen LogP contribution >= 0.6 is 11.6 Å². The molecule has 1 aliphatic carbocycles. The summed E-state index contributed by atoms with van der Waals surface area (Å²) >= 11 is 6.15. The maximum Gasteiger partial charge on any atom is 0.295 e. The number of nitrogens with zero attached hydrogens (tertiary/aromatic N) is 1. The second-order valence-electron chi connectivity index (χ2n) is 7.85. The third-order valence-corrected chi connectivity index (χ3v) is 6.33. The van der Waals surface area contributed by atoms with Gasteiger partial charge in [-0.2, -0.15) is 0 Å². The summed E-state index contributed by atoms with van der Waals surface area (Å²) in [6, 6.07) is 11.8. The molecular formula is C24H24ClNO4. The number of aliphatic hydroxyl groups is 1. The van der Waals surface area contributed by atoms with Crippen molar-refractivity contribution in [3.8, 4) is 5.75 Å². The van der Waals surface area contributed by atoms with Gasteiger partial charge in [-0.05, 0) is 49.1 Å². The molecule has 5 nitrogen and oxygen atoms in total. The van der Waals surface area contributed by atoms with Gasteiger partial charge in [-0.3, -0.25) is 9.59 Å². The lowest BCUT2D eigenvalue weighted by Crippen LogP contribution is -2.37. The molecule has 1 N–H and O–H groups in total. The number of carbonyl (C=O) groups is 2. The normalized spacial score (nSPS) is 21.4. The Morgan fingerprint density at radius 2 is 1.83 bits per heavy atom. The quantitative estimate of drug-likeness (QED) is 0.424. The minimum atomic E-state index is -0.672. The van der Waals surface area contributed by atoms with Crippen molar-refractivity contribution in [1.29, 1.82) is 0 Å². The van der Waals surface area contributed by atoms with Gasteiger partial charge in [-0.15, -0.1) is 0 Å². The standard InChI is InChI=1S/C24H24ClNO4/c1-14-7-3-6-10-17(14)21-20(22(27)18-13-15(25)11-12-19(18)30-2)23(28)24(29)26(21)16-8-4-5-9-16/h3,6-7,10-13,16,21,27H,4-5,8-9H2,1-2H3/b22-20+. The maximum absolute atomic E-state index is 13.2. The van der Waals surface area contributed by atoms with Crippen LogP contribution in [-0.4, -0.2) is 34.8 Å². The van der Waals surface area contributed by atoms with E-state index < -0.39 is 17.7 Å². The van der Waals surface area contributed by atoms with Crippen LogP contribution in [0.25, 0.3) is 5.76 Å². The lowest BCUT2D eigenvalue weighted by molar-refractivity contribution is -0.141. The van der Waals surface area contributed by atoms with E-state index in [-0.39, 0.29) is 17.4 Å². The lowest BCUT2D eigenvalue weighted by Gasteiger charge is -2.31. The molecule has 2 aromatic carbocycles. The van der Waals surface area contributed by atoms with Crippen LogP contribution in [0.2, 0.25) is 5.02 Å². The third kappa shape index (κ3) is 3.37. The molecule has 0 bridgehead atoms. The topological polar surface area (TPSA) is 66.8 Å². The number of ether oxygens (including phenoxy) is 1. The second-order valence-corrected chi connectivity index (χ2v) is 8.28. The zero-order valence-electron chi connectivity index (χ0n) is 17.0. The first-order valence-electron chi connectivity index (χ1n) is 10.1. The van der Waals surface area contributed by atoms with E-state index in [0.29, 0.717) is 16.3 Å². The first-order chi connectivity index (χ1) is 14.4. The van der Waals surface area contributed by atoms with Crippen molar-refractivity contribution < 1.29 is 19.4 Å². The molecule has 156 valence electrons. The monoisotopic (exact) mass is 425 g/mol. The number of Topliss-reactive ketones (excluding diaryl/α,β-unsaturated/α-hetero) is 1. The molecule has 1 heterocycles. The van der Waals surface area contributed by atoms with Crippen molar-refractivity contribution >= 4 is 29.1 Å². The summed E-state index contributed by atoms with van der Waals surface area (Å²) in [5.41, 5.74) is 2.18. The van der Waals surface area contributed by atoms with Gasteiger partial charge in [0.15, 0.2) is 0 Å². The molecule has 30 heavy (non-hydrogen) atoms. The number of likely N-dealkylation sites (tertiary alicyclic amines) is 1. The van der Waals surface area contributed by atoms with Crippen LogP contribution in [0.15, 0.2) is 48.0 Å². The van der Waals surface area contributed by atoms with Gasteiger partial charge in [0.2, 0.25) is 0 Å². The number of hydrogen-bond acceptors (Lipinski definition) is 4. The number of ketones is 1. The highest BCUT2D eigenvalue weighted by molar-refractivity contribution is 6.46. The number of rotatable bonds is 4. The number of hydrogen-bond donors (Lipinski definition) is 1. The van der Waals surface area contributed by atoms with E-state index in [4.69, 9.17) is 16.3 Å². The van der Waals surface area contributed by atoms with Gasteiger partial charge in [0, 0.05) is 11.1 Å². The highest BCUT2D eigenvalue weighted by atomic mass is 35.5. The molecule has 2 fully saturated rings. The Bertz CT molecular complexity index is 1040. The van der Waals surface area contributed by atoms with E-state index in [1.54, 1.807) is 23.1 Å². The molecule has 2 aromatic rings. The molecular weight excluding hydrogens is 402 g/mol. The Hall–Kier alpha value is -2.79. The van der Waals surface area contributed by atoms with Gasteiger partial charge < -0.3 is 14.7 Å². The van der Waals surface area contributed by atoms with Crippen molar-refractivity contribution in [2.45, 2.75) is 44.7 Å². The van der Waals surface area contributed by atoms with Gasteiger partial charge in [-0.1, -0.05) is 48.7 Å². The predicted octanol–water partition coefficient (Wildman–Crippen LogP) is 5.02. The number of aliphatic hydroxyl groups excluding tert-OH is 1. The summed E-state index contributed by atoms with van der Waals surface area (Å²) in [6.07, 6.45) is 3.76. The zero-order chi connectivity index (χ0) is 21.4. The summed E-state index contributed by atoms with van der Waals surface area (Å²) in [5.74, 6) is -1.11. The fourth-order valence-corrected chi connectivity index (χ4v) is 4.79. The molecule has 1 aliphatic heterocycles. The highest BCUT2D eigenvalue weighted by Gasteiger charge is 2.49. The van der Waals surface area contributed by atoms with Crippen molar-refractivity contribution in [2.24, 2.45) is 0 Å². The summed E-state index contributed by atoms with van der Waals surface area (Å²) in [6.45, 7) is 1.95. The average Bonchev–Trinajstić information content (AvgIpc) is 3.35. The van der Waals surface area contributed by atoms with Gasteiger partial charge in [-0.25, -0.2) is 0 Å². The van der Waals surface area contributed by atoms with Gasteiger partial charge in [0.1, 0.15) is 11.5 Å². The Morgan fingerprint density at radius 1 is 1.13 bits per heavy atom. The van der Waals surface area contributed by atoms with E-state index in [2.05, 4.69) is 0 Å². The fourth-order valence-electron chi connectivity index (χ4n) is 4.62. The fraction of sp³-hybridized carbons (Fsp3) is 0.333. The summed E-state index contributed by atoms with van der Waals surface area (Å²) in [5, 5.41) is 11.7. The Kier molecular flexibility index (Phi) is 5.56. The minimum absolute atomic E-state index is 0.0161. The van der Waals surface area contributed by atoms with Crippen LogP contribution in [-0.2, 0) is 9.59 Å². The predicted molar refractivity (Wildman–Crippen MR) is 116 cm³/mol. The molecule has 1 saturated carbocycles. The molecule has 1 saturated heterocycles. The lowest BCUT2D eigenvalue weighted by atomic mass is 9.92. The van der Waals surface area contributed by atoms with E-state index >= 15 is 0 Å². The Morgan fingerprint density at radius 3 is 2.50 bits per heavy atom. The number of aryl methyl sites for hydroxylation is 1. The van der Waals surface area contributed by atoms with Crippen molar-refractivity contribution in [2.75, 3.05) is 7.11 Å². The summed E-state index contributed by atoms with van der Waals surface area (Å²) in [7, 11) is 1.48. The molecule has 2 aliphatic rings. The van der Waals surface area contributed by atoms with Crippen molar-refractivity contribution in [1.82, 2.24) is 4.90 Å². The highest BCUT2D eigenvalue weighted by Crippen LogP contribution is 2.45. The Balaban J connectivity index is 1.96. The van der Waals surface area contributed by atoms with Gasteiger partial charge in [0.05, 0.1) is 24.3 Å². The van der Waals surface area contributed by atoms with Crippen LogP contribution in [0.5, 0.6) is 5.75 Å². The Labute approximate surface area is 180 Å². The van der Waals surface area contributed by atoms with Crippen LogP contribution < -0.4 is 4.74 Å². The van der Waals surface area contributed by atoms with Crippen LogP contribution in [0, 0.1) is 6.92 Å². The summed E-state index contributed by atoms with van der Waals surface area (Å²) < 4.78 is 5.37. The number of halogens is 1. The number of carbonyl (C=O) groups excluding carboxylic acids is 2. The molecule has 1 atom stereocenters. The summed E-state index contributed by atoms with van der Waals surface area (Å²) in [4.78, 5) is 28.0. The number of amides is 1. The van der Waals surface area contributed by atoms with E-state index in [9.17, 15) is 14.7 Å². The van der Waals surface area contributed by atoms with Crippen LogP contribution in [0.1, 0.15) is 48.4 Å². The first-order valence-corrected chi connectivity index (χ1v) is 10.5. The smallest absolute Gasteiger partial charge is 0.295 e. The van der Waals surface area contributed by atoms with Crippen molar-refractivity contribution in [3.05, 3.63) is 69.8 Å². The zero-order valence-corrected chi connectivity index (χ0v) is 17.8. The van der Waals surface area contributed by atoms with E-state index in [0.717, 1.165) is 36.8 Å². The van der Waals surface area contributed by atoms with E-state index in [1.165, 1.54) is 7.11 Å². The molecule has 1 unspecified atom stereocenters. The second kappa shape index (κ2) is 8.15. The molecule has 0 aromatic heterocycles. The van der Waals surface area contributed by atoms with Crippen LogP contribution in [0.4, 0.5) is 0 Å². The first kappa shape index (κ1) is 20.5. The third-order valence-electron chi connectivity index (χ3n) is 6.10. The van der Waals surface area contributed by atoms with Crippen LogP contribution in [0.3, 0.4) is 0 Å². The van der Waals surface area contributed by atoms with Crippen molar-refractivity contribution in [3.63, 3.8) is 0 Å². The molecule has 0 radical (unpaired) electrons. The minimum Gasteiger partial charge on any atom is -0.507 e. The van der Waals surface area contributed by atoms with Gasteiger partial charge >= 0.3 is 0 Å². The largest absolute Gasteiger partial charge is 0.507 e. The molecule has 0 spiro atoms. The molecule has 1 amide bonds. The molecule has 6 heteroatoms. The number of benzene rings is 2. The molecule has 4 rings (SSSR count). The average molecular weight is 426 g/mol. The van der Waals surface area contributed by atoms with Gasteiger partial charge in [0.25, 0.3) is 11.7 Å². The SMILES string of the molecule is COc1ccc(Cl)cc1/C(O)=C1\C(=O)C(=O)N(C2CCCC2)C1c1ccccc1C. The van der Waals surface area contributed by atoms with E-state index in [1.807, 2.05) is 31.2 Å². The number of methoxy groups -OCH3 is 1.